The highest BCUT2D eigenvalue weighted by atomic mass is 16.1. The molecule has 0 N–H and O–H groups in total. The van der Waals surface area contributed by atoms with Gasteiger partial charge in [0.1, 0.15) is 0 Å². The number of carbonyl (C=O) groups excluding carboxylic acids is 1. The van der Waals surface area contributed by atoms with Crippen molar-refractivity contribution in [2.45, 2.75) is 6.42 Å². The summed E-state index contributed by atoms with van der Waals surface area (Å²) in [6.45, 7) is 7.24. The molecular formula is C16H16O. The van der Waals surface area contributed by atoms with Gasteiger partial charge in [0.15, 0.2) is 5.78 Å². The van der Waals surface area contributed by atoms with E-state index in [1.54, 1.807) is 30.4 Å². The molecule has 0 spiro atoms. The third-order valence-corrected chi connectivity index (χ3v) is 2.23. The molecule has 0 amide bonds. The van der Waals surface area contributed by atoms with Gasteiger partial charge in [0.25, 0.3) is 0 Å². The van der Waals surface area contributed by atoms with Crippen molar-refractivity contribution in [3.8, 4) is 0 Å². The van der Waals surface area contributed by atoms with Crippen LogP contribution in [0, 0.1) is 0 Å². The number of allylic oxidation sites excluding steroid dienone is 12. The number of hydrogen-bond acceptors (Lipinski definition) is 1. The van der Waals surface area contributed by atoms with Crippen LogP contribution in [-0.4, -0.2) is 5.78 Å². The monoisotopic (exact) mass is 224 g/mol. The van der Waals surface area contributed by atoms with Gasteiger partial charge < -0.3 is 0 Å². The standard InChI is InChI=1S/C16H16O/c1-3-7-14(4-2)10-12-16(17)13-11-15-8-5-6-9-15/h3-5,7-13H,1-2,6H2/b12-10+,13-11+,14-7+. The summed E-state index contributed by atoms with van der Waals surface area (Å²) in [6, 6.07) is 0. The molecule has 1 rings (SSSR count). The van der Waals surface area contributed by atoms with Crippen molar-refractivity contribution >= 4 is 5.78 Å². The van der Waals surface area contributed by atoms with E-state index in [0.29, 0.717) is 0 Å². The zero-order valence-corrected chi connectivity index (χ0v) is 9.80. The van der Waals surface area contributed by atoms with Gasteiger partial charge in [-0.3, -0.25) is 4.79 Å². The molecule has 0 aromatic carbocycles. The van der Waals surface area contributed by atoms with Gasteiger partial charge in [-0.05, 0) is 29.7 Å². The second kappa shape index (κ2) is 7.18. The lowest BCUT2D eigenvalue weighted by molar-refractivity contribution is -0.110. The maximum atomic E-state index is 11.5. The lowest BCUT2D eigenvalue weighted by Gasteiger charge is -1.89. The van der Waals surface area contributed by atoms with Crippen LogP contribution in [0.25, 0.3) is 0 Å². The highest BCUT2D eigenvalue weighted by molar-refractivity contribution is 5.99. The summed E-state index contributed by atoms with van der Waals surface area (Å²) in [6.07, 6.45) is 18.8. The molecule has 0 radical (unpaired) electrons. The van der Waals surface area contributed by atoms with Crippen LogP contribution in [0.5, 0.6) is 0 Å². The first kappa shape index (κ1) is 12.9. The zero-order valence-electron chi connectivity index (χ0n) is 9.80. The van der Waals surface area contributed by atoms with E-state index in [0.717, 1.165) is 17.6 Å². The Morgan fingerprint density at radius 2 is 2.06 bits per heavy atom. The Kier molecular flexibility index (Phi) is 5.45. The van der Waals surface area contributed by atoms with Crippen molar-refractivity contribution in [1.29, 1.82) is 0 Å². The Bertz CT molecular complexity index is 454. The minimum Gasteiger partial charge on any atom is -0.290 e. The van der Waals surface area contributed by atoms with Crippen LogP contribution >= 0.6 is 0 Å². The average molecular weight is 224 g/mol. The van der Waals surface area contributed by atoms with Gasteiger partial charge in [0.2, 0.25) is 0 Å². The van der Waals surface area contributed by atoms with E-state index in [1.807, 2.05) is 12.2 Å². The lowest BCUT2D eigenvalue weighted by atomic mass is 10.2. The van der Waals surface area contributed by atoms with E-state index < -0.39 is 0 Å². The highest BCUT2D eigenvalue weighted by Crippen LogP contribution is 2.09. The van der Waals surface area contributed by atoms with E-state index in [2.05, 4.69) is 25.3 Å². The van der Waals surface area contributed by atoms with Crippen molar-refractivity contribution in [3.63, 3.8) is 0 Å². The summed E-state index contributed by atoms with van der Waals surface area (Å²) < 4.78 is 0. The Morgan fingerprint density at radius 3 is 2.65 bits per heavy atom. The third kappa shape index (κ3) is 4.94. The van der Waals surface area contributed by atoms with Crippen LogP contribution in [0.15, 0.2) is 85.1 Å². The molecule has 86 valence electrons. The first-order chi connectivity index (χ1) is 8.26. The summed E-state index contributed by atoms with van der Waals surface area (Å²) in [4.78, 5) is 11.5. The normalized spacial score (nSPS) is 15.5. The van der Waals surface area contributed by atoms with Crippen molar-refractivity contribution in [1.82, 2.24) is 0 Å². The second-order valence-corrected chi connectivity index (χ2v) is 3.52. The summed E-state index contributed by atoms with van der Waals surface area (Å²) >= 11 is 0. The van der Waals surface area contributed by atoms with E-state index >= 15 is 0 Å². The topological polar surface area (TPSA) is 17.1 Å². The molecule has 0 atom stereocenters. The molecule has 0 fully saturated rings. The predicted molar refractivity (Wildman–Crippen MR) is 73.6 cm³/mol. The molecular weight excluding hydrogens is 208 g/mol. The van der Waals surface area contributed by atoms with Gasteiger partial charge in [0.05, 0.1) is 0 Å². The van der Waals surface area contributed by atoms with Gasteiger partial charge in [0, 0.05) is 0 Å². The van der Waals surface area contributed by atoms with Crippen LogP contribution in [-0.2, 0) is 4.79 Å². The van der Waals surface area contributed by atoms with Gasteiger partial charge in [-0.15, -0.1) is 0 Å². The van der Waals surface area contributed by atoms with E-state index in [9.17, 15) is 4.79 Å². The zero-order chi connectivity index (χ0) is 12.5. The maximum absolute atomic E-state index is 11.5. The first-order valence-electron chi connectivity index (χ1n) is 5.48. The van der Waals surface area contributed by atoms with Gasteiger partial charge in [-0.25, -0.2) is 0 Å². The molecule has 17 heavy (non-hydrogen) atoms. The van der Waals surface area contributed by atoms with E-state index in [-0.39, 0.29) is 5.78 Å². The number of carbonyl (C=O) groups is 1. The Balaban J connectivity index is 2.57. The summed E-state index contributed by atoms with van der Waals surface area (Å²) in [7, 11) is 0. The largest absolute Gasteiger partial charge is 0.290 e. The molecule has 1 aliphatic rings. The fourth-order valence-corrected chi connectivity index (χ4v) is 1.34. The molecule has 1 heteroatoms. The summed E-state index contributed by atoms with van der Waals surface area (Å²) in [5.74, 6) is -0.0389. The molecule has 0 aromatic heterocycles. The minimum absolute atomic E-state index is 0.0389. The Labute approximate surface area is 103 Å². The molecule has 0 saturated carbocycles. The molecule has 0 aromatic rings. The van der Waals surface area contributed by atoms with E-state index in [1.165, 1.54) is 6.08 Å². The molecule has 1 aliphatic carbocycles. The molecule has 0 aliphatic heterocycles. The molecule has 0 bridgehead atoms. The molecule has 0 unspecified atom stereocenters. The minimum atomic E-state index is -0.0389. The molecule has 0 heterocycles. The van der Waals surface area contributed by atoms with Crippen LogP contribution in [0.1, 0.15) is 6.42 Å². The summed E-state index contributed by atoms with van der Waals surface area (Å²) in [5, 5.41) is 0. The average Bonchev–Trinajstić information content (AvgIpc) is 2.85. The van der Waals surface area contributed by atoms with Gasteiger partial charge in [-0.1, -0.05) is 61.8 Å². The SMILES string of the molecule is C=C/C=C(C=C)/C=C/C(=O)/C=C/C1=CCC=C1. The fourth-order valence-electron chi connectivity index (χ4n) is 1.34. The Hall–Kier alpha value is -2.15. The Morgan fingerprint density at radius 1 is 1.24 bits per heavy atom. The second-order valence-electron chi connectivity index (χ2n) is 3.52. The van der Waals surface area contributed by atoms with Crippen LogP contribution in [0.4, 0.5) is 0 Å². The number of hydrogen-bond donors (Lipinski definition) is 0. The van der Waals surface area contributed by atoms with Crippen molar-refractivity contribution in [2.75, 3.05) is 0 Å². The number of ketones is 1. The molecule has 0 saturated heterocycles. The predicted octanol–water partition coefficient (Wildman–Crippen LogP) is 3.85. The van der Waals surface area contributed by atoms with Crippen LogP contribution < -0.4 is 0 Å². The van der Waals surface area contributed by atoms with Crippen LogP contribution in [0.3, 0.4) is 0 Å². The lowest BCUT2D eigenvalue weighted by Crippen LogP contribution is -1.85. The molecule has 1 nitrogen and oxygen atoms in total. The van der Waals surface area contributed by atoms with E-state index in [4.69, 9.17) is 0 Å². The van der Waals surface area contributed by atoms with Gasteiger partial charge in [-0.2, -0.15) is 0 Å². The van der Waals surface area contributed by atoms with Crippen molar-refractivity contribution in [3.05, 3.63) is 85.1 Å². The quantitative estimate of drug-likeness (QED) is 0.494. The fraction of sp³-hybridized carbons (Fsp3) is 0.0625. The third-order valence-electron chi connectivity index (χ3n) is 2.23. The van der Waals surface area contributed by atoms with Crippen molar-refractivity contribution in [2.24, 2.45) is 0 Å². The van der Waals surface area contributed by atoms with Gasteiger partial charge >= 0.3 is 0 Å². The maximum Gasteiger partial charge on any atom is 0.178 e. The number of rotatable bonds is 6. The van der Waals surface area contributed by atoms with Crippen molar-refractivity contribution < 1.29 is 4.79 Å². The highest BCUT2D eigenvalue weighted by Gasteiger charge is 1.94. The summed E-state index contributed by atoms with van der Waals surface area (Å²) in [5.41, 5.74) is 1.94. The van der Waals surface area contributed by atoms with Crippen LogP contribution in [0.2, 0.25) is 0 Å². The first-order valence-corrected chi connectivity index (χ1v) is 5.48. The smallest absolute Gasteiger partial charge is 0.178 e.